The van der Waals surface area contributed by atoms with E-state index in [-0.39, 0.29) is 0 Å². The fourth-order valence-corrected chi connectivity index (χ4v) is 6.21. The first kappa shape index (κ1) is 23.1. The number of nitrogens with zero attached hydrogens (tertiary/aromatic N) is 4. The van der Waals surface area contributed by atoms with Crippen LogP contribution in [0.3, 0.4) is 0 Å². The predicted octanol–water partition coefficient (Wildman–Crippen LogP) is 6.68. The van der Waals surface area contributed by atoms with E-state index in [1.807, 2.05) is 12.4 Å². The smallest absolute Gasteiger partial charge is 0.138 e. The first-order valence-corrected chi connectivity index (χ1v) is 13.9. The van der Waals surface area contributed by atoms with E-state index in [1.165, 1.54) is 41.2 Å². The Labute approximate surface area is 224 Å². The van der Waals surface area contributed by atoms with Crippen LogP contribution >= 0.6 is 11.3 Å². The Hall–Kier alpha value is -4.01. The highest BCUT2D eigenvalue weighted by atomic mass is 32.1. The molecule has 0 amide bonds. The lowest BCUT2D eigenvalue weighted by atomic mass is 10.0. The number of H-pyrrole nitrogens is 2. The minimum atomic E-state index is 0.678. The minimum Gasteiger partial charge on any atom is -0.491 e. The fraction of sp³-hybridized carbons (Fsp3) is 0.233. The topological polar surface area (TPSA) is 82.7 Å². The molecule has 0 saturated carbocycles. The summed E-state index contributed by atoms with van der Waals surface area (Å²) < 4.78 is 6.04. The second-order valence-electron chi connectivity index (χ2n) is 9.85. The van der Waals surface area contributed by atoms with Gasteiger partial charge in [0.05, 0.1) is 17.4 Å². The van der Waals surface area contributed by atoms with E-state index in [9.17, 15) is 0 Å². The van der Waals surface area contributed by atoms with E-state index >= 15 is 0 Å². The van der Waals surface area contributed by atoms with E-state index in [2.05, 4.69) is 85.5 Å². The molecule has 5 aromatic heterocycles. The second kappa shape index (κ2) is 9.70. The summed E-state index contributed by atoms with van der Waals surface area (Å²) in [6.45, 7) is 6.13. The number of aromatic nitrogens is 5. The molecular weight excluding hydrogens is 492 g/mol. The van der Waals surface area contributed by atoms with Crippen molar-refractivity contribution in [2.75, 3.05) is 26.2 Å². The van der Waals surface area contributed by atoms with Crippen LogP contribution in [0.4, 0.5) is 0 Å². The van der Waals surface area contributed by atoms with Crippen molar-refractivity contribution >= 4 is 33.3 Å². The van der Waals surface area contributed by atoms with Gasteiger partial charge < -0.3 is 9.72 Å². The predicted molar refractivity (Wildman–Crippen MR) is 154 cm³/mol. The average molecular weight is 521 g/mol. The molecule has 8 heteroatoms. The van der Waals surface area contributed by atoms with E-state index < -0.39 is 0 Å². The number of fused-ring (bicyclic) bond motifs is 2. The summed E-state index contributed by atoms with van der Waals surface area (Å²) >= 11 is 1.79. The van der Waals surface area contributed by atoms with Crippen molar-refractivity contribution in [2.45, 2.75) is 19.8 Å². The molecule has 1 aromatic carbocycles. The molecule has 0 bridgehead atoms. The monoisotopic (exact) mass is 520 g/mol. The fourth-order valence-electron chi connectivity index (χ4n) is 5.30. The molecule has 1 saturated heterocycles. The molecule has 6 aromatic rings. The Bertz CT molecular complexity index is 1740. The van der Waals surface area contributed by atoms with Crippen LogP contribution in [0.15, 0.2) is 67.1 Å². The number of pyridine rings is 2. The van der Waals surface area contributed by atoms with E-state index in [1.54, 1.807) is 17.5 Å². The molecule has 190 valence electrons. The van der Waals surface area contributed by atoms with Crippen LogP contribution in [-0.2, 0) is 0 Å². The van der Waals surface area contributed by atoms with E-state index in [0.29, 0.717) is 6.61 Å². The van der Waals surface area contributed by atoms with Gasteiger partial charge in [0, 0.05) is 50.6 Å². The molecule has 7 nitrogen and oxygen atoms in total. The number of ether oxygens (including phenoxy) is 1. The SMILES string of the molecule is Cc1ccc(-c2ccnc3[nH]c(-c4n[nH]c5ccc(-c6cncc(OCCN7CCCC7)c6)cc45)cc23)s1. The molecule has 38 heavy (non-hydrogen) atoms. The van der Waals surface area contributed by atoms with Crippen molar-refractivity contribution in [3.8, 4) is 38.7 Å². The maximum Gasteiger partial charge on any atom is 0.138 e. The third kappa shape index (κ3) is 4.36. The third-order valence-corrected chi connectivity index (χ3v) is 8.31. The van der Waals surface area contributed by atoms with Crippen molar-refractivity contribution < 1.29 is 4.74 Å². The standard InChI is InChI=1S/C30H28N6OS/c1-19-4-7-28(38-19)23-8-9-32-30-24(23)16-27(33-30)29-25-15-20(5-6-26(25)34-35-29)21-14-22(18-31-17-21)37-13-12-36-10-2-3-11-36/h4-9,14-18H,2-3,10-13H2,1H3,(H,32,33)(H,34,35). The number of nitrogens with one attached hydrogen (secondary N) is 2. The Kier molecular flexibility index (Phi) is 5.91. The number of aryl methyl sites for hydroxylation is 1. The van der Waals surface area contributed by atoms with E-state index in [4.69, 9.17) is 4.74 Å². The van der Waals surface area contributed by atoms with Crippen molar-refractivity contribution in [1.29, 1.82) is 0 Å². The van der Waals surface area contributed by atoms with Gasteiger partial charge >= 0.3 is 0 Å². The highest BCUT2D eigenvalue weighted by molar-refractivity contribution is 7.15. The Morgan fingerprint density at radius 1 is 0.974 bits per heavy atom. The molecule has 0 spiro atoms. The van der Waals surface area contributed by atoms with Gasteiger partial charge in [-0.2, -0.15) is 5.10 Å². The number of rotatable bonds is 7. The quantitative estimate of drug-likeness (QED) is 0.245. The number of hydrogen-bond donors (Lipinski definition) is 2. The summed E-state index contributed by atoms with van der Waals surface area (Å²) in [6, 6.07) is 17.0. The number of thiophene rings is 1. The van der Waals surface area contributed by atoms with Gasteiger partial charge in [-0.15, -0.1) is 11.3 Å². The van der Waals surface area contributed by atoms with Crippen LogP contribution < -0.4 is 4.74 Å². The first-order valence-electron chi connectivity index (χ1n) is 13.0. The lowest BCUT2D eigenvalue weighted by Gasteiger charge is -2.15. The van der Waals surface area contributed by atoms with Crippen LogP contribution in [-0.4, -0.2) is 56.3 Å². The van der Waals surface area contributed by atoms with Gasteiger partial charge in [0.1, 0.15) is 23.7 Å². The zero-order valence-electron chi connectivity index (χ0n) is 21.2. The number of aromatic amines is 2. The molecule has 1 aliphatic rings. The molecule has 6 heterocycles. The van der Waals surface area contributed by atoms with Crippen LogP contribution in [0.25, 0.3) is 54.9 Å². The second-order valence-corrected chi connectivity index (χ2v) is 11.1. The molecule has 0 radical (unpaired) electrons. The maximum absolute atomic E-state index is 6.04. The van der Waals surface area contributed by atoms with Gasteiger partial charge in [-0.25, -0.2) is 4.98 Å². The summed E-state index contributed by atoms with van der Waals surface area (Å²) in [5, 5.41) is 10.0. The van der Waals surface area contributed by atoms with Gasteiger partial charge in [0.15, 0.2) is 0 Å². The number of hydrogen-bond acceptors (Lipinski definition) is 6. The lowest BCUT2D eigenvalue weighted by molar-refractivity contribution is 0.237. The summed E-state index contributed by atoms with van der Waals surface area (Å²) in [6.07, 6.45) is 8.12. The van der Waals surface area contributed by atoms with Crippen molar-refractivity contribution in [2.24, 2.45) is 0 Å². The van der Waals surface area contributed by atoms with Gasteiger partial charge in [0.25, 0.3) is 0 Å². The molecule has 0 aliphatic carbocycles. The Balaban J connectivity index is 1.20. The van der Waals surface area contributed by atoms with Crippen LogP contribution in [0.2, 0.25) is 0 Å². The average Bonchev–Trinajstić information content (AvgIpc) is 3.74. The zero-order valence-corrected chi connectivity index (χ0v) is 22.0. The summed E-state index contributed by atoms with van der Waals surface area (Å²) in [4.78, 5) is 17.5. The van der Waals surface area contributed by atoms with Crippen molar-refractivity contribution in [3.05, 3.63) is 72.0 Å². The molecule has 0 unspecified atom stereocenters. The summed E-state index contributed by atoms with van der Waals surface area (Å²) in [7, 11) is 0. The van der Waals surface area contributed by atoms with Gasteiger partial charge in [-0.1, -0.05) is 6.07 Å². The Morgan fingerprint density at radius 2 is 1.89 bits per heavy atom. The Morgan fingerprint density at radius 3 is 2.76 bits per heavy atom. The van der Waals surface area contributed by atoms with Crippen LogP contribution in [0.1, 0.15) is 17.7 Å². The van der Waals surface area contributed by atoms with Crippen LogP contribution in [0, 0.1) is 6.92 Å². The third-order valence-electron chi connectivity index (χ3n) is 7.28. The summed E-state index contributed by atoms with van der Waals surface area (Å²) in [5.41, 5.74) is 6.93. The first-order chi connectivity index (χ1) is 18.7. The van der Waals surface area contributed by atoms with Gasteiger partial charge in [-0.3, -0.25) is 15.0 Å². The minimum absolute atomic E-state index is 0.678. The van der Waals surface area contributed by atoms with Crippen molar-refractivity contribution in [3.63, 3.8) is 0 Å². The largest absolute Gasteiger partial charge is 0.491 e. The highest BCUT2D eigenvalue weighted by Gasteiger charge is 2.16. The molecule has 0 atom stereocenters. The number of likely N-dealkylation sites (tertiary alicyclic amines) is 1. The summed E-state index contributed by atoms with van der Waals surface area (Å²) in [5.74, 6) is 0.798. The molecular formula is C30H28N6OS. The van der Waals surface area contributed by atoms with Gasteiger partial charge in [-0.05, 0) is 80.9 Å². The van der Waals surface area contributed by atoms with Crippen LogP contribution in [0.5, 0.6) is 5.75 Å². The van der Waals surface area contributed by atoms with Crippen molar-refractivity contribution in [1.82, 2.24) is 30.0 Å². The normalized spacial score (nSPS) is 14.1. The number of benzene rings is 1. The molecule has 2 N–H and O–H groups in total. The molecule has 7 rings (SSSR count). The maximum atomic E-state index is 6.04. The molecule has 1 fully saturated rings. The lowest BCUT2D eigenvalue weighted by Crippen LogP contribution is -2.25. The zero-order chi connectivity index (χ0) is 25.5. The van der Waals surface area contributed by atoms with E-state index in [0.717, 1.165) is 56.7 Å². The van der Waals surface area contributed by atoms with Gasteiger partial charge in [0.2, 0.25) is 0 Å². The highest BCUT2D eigenvalue weighted by Crippen LogP contribution is 2.36. The molecule has 1 aliphatic heterocycles.